The molecule has 1 saturated carbocycles. The summed E-state index contributed by atoms with van der Waals surface area (Å²) in [4.78, 5) is 2.33. The summed E-state index contributed by atoms with van der Waals surface area (Å²) in [6, 6.07) is 0.0631. The van der Waals surface area contributed by atoms with Crippen LogP contribution in [0, 0.1) is 0 Å². The normalized spacial score (nSPS) is 21.2. The third-order valence-corrected chi connectivity index (χ3v) is 4.53. The lowest BCUT2D eigenvalue weighted by atomic mass is 9.74. The third kappa shape index (κ3) is 2.31. The molecule has 1 heterocycles. The van der Waals surface area contributed by atoms with Crippen LogP contribution < -0.4 is 5.73 Å². The quantitative estimate of drug-likeness (QED) is 0.891. The van der Waals surface area contributed by atoms with Gasteiger partial charge in [0.25, 0.3) is 0 Å². The van der Waals surface area contributed by atoms with E-state index in [9.17, 15) is 0 Å². The number of hydrogen-bond acceptors (Lipinski definition) is 3. The van der Waals surface area contributed by atoms with Crippen LogP contribution in [0.4, 0.5) is 0 Å². The van der Waals surface area contributed by atoms with Crippen LogP contribution in [0.2, 0.25) is 0 Å². The van der Waals surface area contributed by atoms with Gasteiger partial charge in [0.05, 0.1) is 12.2 Å². The Kier molecular flexibility index (Phi) is 4.07. The Bertz CT molecular complexity index is 377. The van der Waals surface area contributed by atoms with Gasteiger partial charge < -0.3 is 10.6 Å². The van der Waals surface area contributed by atoms with Crippen molar-refractivity contribution in [1.29, 1.82) is 0 Å². The molecule has 1 aliphatic carbocycles. The molecule has 1 atom stereocenters. The number of aryl methyl sites for hydroxylation is 1. The highest BCUT2D eigenvalue weighted by molar-refractivity contribution is 5.17. The number of nitrogens with two attached hydrogens (primary N) is 1. The van der Waals surface area contributed by atoms with Crippen molar-refractivity contribution in [1.82, 2.24) is 14.7 Å². The van der Waals surface area contributed by atoms with Crippen molar-refractivity contribution in [2.75, 3.05) is 14.1 Å². The minimum Gasteiger partial charge on any atom is -0.322 e. The zero-order valence-electron chi connectivity index (χ0n) is 11.9. The topological polar surface area (TPSA) is 47.1 Å². The van der Waals surface area contributed by atoms with E-state index >= 15 is 0 Å². The van der Waals surface area contributed by atoms with Crippen molar-refractivity contribution in [2.45, 2.75) is 57.2 Å². The van der Waals surface area contributed by atoms with Crippen LogP contribution in [-0.4, -0.2) is 34.3 Å². The fraction of sp³-hybridized carbons (Fsp3) is 0.786. The van der Waals surface area contributed by atoms with Crippen molar-refractivity contribution in [2.24, 2.45) is 5.73 Å². The highest BCUT2D eigenvalue weighted by atomic mass is 15.3. The average Bonchev–Trinajstić information content (AvgIpc) is 2.87. The van der Waals surface area contributed by atoms with Crippen molar-refractivity contribution < 1.29 is 0 Å². The molecular formula is C14H26N4. The molecule has 0 spiro atoms. The molecule has 2 rings (SSSR count). The van der Waals surface area contributed by atoms with E-state index in [1.807, 2.05) is 10.9 Å². The van der Waals surface area contributed by atoms with E-state index in [2.05, 4.69) is 37.2 Å². The van der Waals surface area contributed by atoms with E-state index in [1.165, 1.54) is 37.7 Å². The lowest BCUT2D eigenvalue weighted by Crippen LogP contribution is -2.53. The Hall–Kier alpha value is -0.870. The molecule has 2 N–H and O–H groups in total. The van der Waals surface area contributed by atoms with Gasteiger partial charge in [0.1, 0.15) is 0 Å². The number of likely N-dealkylation sites (N-methyl/N-ethyl adjacent to an activating group) is 1. The first-order valence-electron chi connectivity index (χ1n) is 7.05. The van der Waals surface area contributed by atoms with E-state index in [4.69, 9.17) is 5.73 Å². The molecule has 0 bridgehead atoms. The van der Waals surface area contributed by atoms with Crippen LogP contribution >= 0.6 is 0 Å². The minimum atomic E-state index is 0.0631. The smallest absolute Gasteiger partial charge is 0.0538 e. The van der Waals surface area contributed by atoms with Crippen molar-refractivity contribution in [3.8, 4) is 0 Å². The van der Waals surface area contributed by atoms with Crippen molar-refractivity contribution >= 4 is 0 Å². The van der Waals surface area contributed by atoms with Crippen LogP contribution in [0.25, 0.3) is 0 Å². The summed E-state index contributed by atoms with van der Waals surface area (Å²) in [5.41, 5.74) is 7.86. The maximum absolute atomic E-state index is 6.58. The summed E-state index contributed by atoms with van der Waals surface area (Å²) in [5.74, 6) is 0. The van der Waals surface area contributed by atoms with Crippen LogP contribution in [0.3, 0.4) is 0 Å². The van der Waals surface area contributed by atoms with Crippen LogP contribution in [0.5, 0.6) is 0 Å². The summed E-state index contributed by atoms with van der Waals surface area (Å²) in [6.07, 6.45) is 10.3. The minimum absolute atomic E-state index is 0.0631. The molecule has 1 aromatic rings. The highest BCUT2D eigenvalue weighted by Crippen LogP contribution is 2.40. The standard InChI is InChI=1S/C14H26N4/c1-4-18-11-12(10-16-18)13(15)14(17(2)3)8-6-5-7-9-14/h10-11,13H,4-9,15H2,1-3H3. The predicted molar refractivity (Wildman–Crippen MR) is 74.3 cm³/mol. The predicted octanol–water partition coefficient (Wildman–Crippen LogP) is 2.17. The number of rotatable bonds is 4. The van der Waals surface area contributed by atoms with Gasteiger partial charge in [-0.3, -0.25) is 4.68 Å². The Morgan fingerprint density at radius 2 is 2.06 bits per heavy atom. The molecule has 102 valence electrons. The summed E-state index contributed by atoms with van der Waals surface area (Å²) in [6.45, 7) is 3.01. The van der Waals surface area contributed by atoms with Gasteiger partial charge in [-0.15, -0.1) is 0 Å². The first-order chi connectivity index (χ1) is 8.60. The highest BCUT2D eigenvalue weighted by Gasteiger charge is 2.40. The number of aromatic nitrogens is 2. The van der Waals surface area contributed by atoms with Gasteiger partial charge in [0.2, 0.25) is 0 Å². The van der Waals surface area contributed by atoms with Gasteiger partial charge in [-0.25, -0.2) is 0 Å². The molecule has 0 aromatic carbocycles. The zero-order chi connectivity index (χ0) is 13.2. The summed E-state index contributed by atoms with van der Waals surface area (Å²) in [5, 5.41) is 4.36. The SMILES string of the molecule is CCn1cc(C(N)C2(N(C)C)CCCCC2)cn1. The van der Waals surface area contributed by atoms with Crippen molar-refractivity contribution in [3.05, 3.63) is 18.0 Å². The van der Waals surface area contributed by atoms with Crippen LogP contribution in [0.15, 0.2) is 12.4 Å². The average molecular weight is 250 g/mol. The zero-order valence-corrected chi connectivity index (χ0v) is 11.9. The van der Waals surface area contributed by atoms with Crippen LogP contribution in [0.1, 0.15) is 50.6 Å². The first-order valence-corrected chi connectivity index (χ1v) is 7.05. The summed E-state index contributed by atoms with van der Waals surface area (Å²) in [7, 11) is 4.32. The summed E-state index contributed by atoms with van der Waals surface area (Å²) >= 11 is 0. The molecule has 0 radical (unpaired) electrons. The third-order valence-electron chi connectivity index (χ3n) is 4.53. The molecule has 1 aliphatic rings. The second kappa shape index (κ2) is 5.41. The van der Waals surface area contributed by atoms with E-state index < -0.39 is 0 Å². The van der Waals surface area contributed by atoms with Gasteiger partial charge in [-0.2, -0.15) is 5.10 Å². The molecule has 1 fully saturated rings. The monoisotopic (exact) mass is 250 g/mol. The van der Waals surface area contributed by atoms with Crippen LogP contribution in [-0.2, 0) is 6.54 Å². The fourth-order valence-corrected chi connectivity index (χ4v) is 3.22. The Balaban J connectivity index is 2.24. The lowest BCUT2D eigenvalue weighted by Gasteiger charge is -2.47. The molecule has 4 heteroatoms. The first kappa shape index (κ1) is 13.6. The molecule has 0 aliphatic heterocycles. The molecule has 0 amide bonds. The van der Waals surface area contributed by atoms with Gasteiger partial charge in [-0.1, -0.05) is 19.3 Å². The largest absolute Gasteiger partial charge is 0.322 e. The molecule has 1 unspecified atom stereocenters. The second-order valence-electron chi connectivity index (χ2n) is 5.67. The maximum Gasteiger partial charge on any atom is 0.0538 e. The number of hydrogen-bond donors (Lipinski definition) is 1. The second-order valence-corrected chi connectivity index (χ2v) is 5.67. The molecular weight excluding hydrogens is 224 g/mol. The molecule has 4 nitrogen and oxygen atoms in total. The summed E-state index contributed by atoms with van der Waals surface area (Å²) < 4.78 is 1.96. The van der Waals surface area contributed by atoms with Gasteiger partial charge >= 0.3 is 0 Å². The van der Waals surface area contributed by atoms with E-state index in [0.717, 1.165) is 6.54 Å². The van der Waals surface area contributed by atoms with Crippen molar-refractivity contribution in [3.63, 3.8) is 0 Å². The Morgan fingerprint density at radius 3 is 2.56 bits per heavy atom. The molecule has 18 heavy (non-hydrogen) atoms. The Labute approximate surface area is 110 Å². The van der Waals surface area contributed by atoms with Gasteiger partial charge in [-0.05, 0) is 33.9 Å². The fourth-order valence-electron chi connectivity index (χ4n) is 3.22. The van der Waals surface area contributed by atoms with E-state index in [-0.39, 0.29) is 11.6 Å². The number of nitrogens with zero attached hydrogens (tertiary/aromatic N) is 3. The Morgan fingerprint density at radius 1 is 1.39 bits per heavy atom. The lowest BCUT2D eigenvalue weighted by molar-refractivity contribution is 0.0713. The van der Waals surface area contributed by atoms with E-state index in [1.54, 1.807) is 0 Å². The molecule has 1 aromatic heterocycles. The van der Waals surface area contributed by atoms with Gasteiger partial charge in [0, 0.05) is 23.8 Å². The molecule has 0 saturated heterocycles. The van der Waals surface area contributed by atoms with E-state index in [0.29, 0.717) is 0 Å². The van der Waals surface area contributed by atoms with Gasteiger partial charge in [0.15, 0.2) is 0 Å². The maximum atomic E-state index is 6.58.